The molecular formula is C16H21BrN2OS. The second kappa shape index (κ2) is 8.49. The van der Waals surface area contributed by atoms with Gasteiger partial charge in [-0.05, 0) is 50.3 Å². The Morgan fingerprint density at radius 2 is 2.24 bits per heavy atom. The van der Waals surface area contributed by atoms with Gasteiger partial charge in [-0.2, -0.15) is 0 Å². The summed E-state index contributed by atoms with van der Waals surface area (Å²) in [4.78, 5) is 12.8. The molecule has 1 aromatic carbocycles. The van der Waals surface area contributed by atoms with Crippen molar-refractivity contribution < 1.29 is 4.79 Å². The standard InChI is InChI=1S/C16H21BrN2OS/c17-13-6-7-15(14(18)10-13)21-11-16(20)19-9-8-12-4-2-1-3-5-12/h4,6-7,10H,1-3,5,8-9,11,18H2,(H,19,20). The number of nitrogens with two attached hydrogens (primary N) is 1. The number of halogens is 1. The number of nitrogen functional groups attached to an aromatic ring is 1. The Balaban J connectivity index is 1.68. The third-order valence-electron chi connectivity index (χ3n) is 3.48. The number of allylic oxidation sites excluding steroid dienone is 1. The molecule has 3 N–H and O–H groups in total. The average molecular weight is 369 g/mol. The summed E-state index contributed by atoms with van der Waals surface area (Å²) in [5.41, 5.74) is 8.11. The lowest BCUT2D eigenvalue weighted by Gasteiger charge is -2.13. The molecule has 0 saturated carbocycles. The molecule has 1 amide bonds. The van der Waals surface area contributed by atoms with Crippen LogP contribution in [0.2, 0.25) is 0 Å². The highest BCUT2D eigenvalue weighted by Crippen LogP contribution is 2.27. The molecule has 0 heterocycles. The van der Waals surface area contributed by atoms with Gasteiger partial charge in [-0.15, -0.1) is 11.8 Å². The van der Waals surface area contributed by atoms with Gasteiger partial charge in [-0.3, -0.25) is 4.79 Å². The fourth-order valence-electron chi connectivity index (χ4n) is 2.34. The first-order valence-corrected chi connectivity index (χ1v) is 9.05. The van der Waals surface area contributed by atoms with E-state index in [-0.39, 0.29) is 5.91 Å². The molecular weight excluding hydrogens is 348 g/mol. The first-order chi connectivity index (χ1) is 10.1. The zero-order chi connectivity index (χ0) is 15.1. The lowest BCUT2D eigenvalue weighted by Crippen LogP contribution is -2.26. The van der Waals surface area contributed by atoms with Crippen molar-refractivity contribution in [3.63, 3.8) is 0 Å². The maximum Gasteiger partial charge on any atom is 0.230 e. The van der Waals surface area contributed by atoms with Crippen molar-refractivity contribution in [1.82, 2.24) is 5.32 Å². The van der Waals surface area contributed by atoms with Gasteiger partial charge < -0.3 is 11.1 Å². The van der Waals surface area contributed by atoms with Crippen molar-refractivity contribution in [2.45, 2.75) is 37.0 Å². The van der Waals surface area contributed by atoms with Crippen LogP contribution in [0.1, 0.15) is 32.1 Å². The van der Waals surface area contributed by atoms with Crippen molar-refractivity contribution in [2.75, 3.05) is 18.0 Å². The zero-order valence-corrected chi connectivity index (χ0v) is 14.4. The SMILES string of the molecule is Nc1cc(Br)ccc1SCC(=O)NCCC1=CCCCC1. The van der Waals surface area contributed by atoms with E-state index in [1.165, 1.54) is 43.0 Å². The molecule has 0 radical (unpaired) electrons. The lowest BCUT2D eigenvalue weighted by molar-refractivity contribution is -0.118. The maximum atomic E-state index is 11.8. The van der Waals surface area contributed by atoms with Crippen LogP contribution >= 0.6 is 27.7 Å². The molecule has 0 unspecified atom stereocenters. The zero-order valence-electron chi connectivity index (χ0n) is 12.0. The number of carbonyl (C=O) groups excluding carboxylic acids is 1. The summed E-state index contributed by atoms with van der Waals surface area (Å²) in [5, 5.41) is 2.98. The van der Waals surface area contributed by atoms with Gasteiger partial charge in [0.2, 0.25) is 5.91 Å². The van der Waals surface area contributed by atoms with E-state index in [0.29, 0.717) is 11.4 Å². The molecule has 1 aliphatic carbocycles. The van der Waals surface area contributed by atoms with Gasteiger partial charge in [0, 0.05) is 21.6 Å². The molecule has 0 bridgehead atoms. The molecule has 0 fully saturated rings. The minimum absolute atomic E-state index is 0.0683. The fraction of sp³-hybridized carbons (Fsp3) is 0.438. The van der Waals surface area contributed by atoms with Gasteiger partial charge >= 0.3 is 0 Å². The Labute approximate surface area is 138 Å². The molecule has 0 spiro atoms. The van der Waals surface area contributed by atoms with Crippen LogP contribution in [0.3, 0.4) is 0 Å². The third-order valence-corrected chi connectivity index (χ3v) is 5.07. The van der Waals surface area contributed by atoms with Crippen molar-refractivity contribution in [2.24, 2.45) is 0 Å². The number of hydrogen-bond donors (Lipinski definition) is 2. The lowest BCUT2D eigenvalue weighted by atomic mass is 9.97. The van der Waals surface area contributed by atoms with Crippen molar-refractivity contribution in [3.05, 3.63) is 34.3 Å². The number of anilines is 1. The summed E-state index contributed by atoms with van der Waals surface area (Å²) in [7, 11) is 0. The highest BCUT2D eigenvalue weighted by Gasteiger charge is 2.07. The van der Waals surface area contributed by atoms with Crippen molar-refractivity contribution in [3.8, 4) is 0 Å². The third kappa shape index (κ3) is 5.75. The van der Waals surface area contributed by atoms with Crippen LogP contribution in [0.4, 0.5) is 5.69 Å². The molecule has 1 aromatic rings. The number of thioether (sulfide) groups is 1. The largest absolute Gasteiger partial charge is 0.398 e. The Bertz CT molecular complexity index is 531. The van der Waals surface area contributed by atoms with Crippen LogP contribution in [0.15, 0.2) is 39.2 Å². The van der Waals surface area contributed by atoms with E-state index < -0.39 is 0 Å². The Kier molecular flexibility index (Phi) is 6.64. The van der Waals surface area contributed by atoms with Crippen LogP contribution < -0.4 is 11.1 Å². The molecule has 0 aliphatic heterocycles. The van der Waals surface area contributed by atoms with Crippen LogP contribution in [0.25, 0.3) is 0 Å². The van der Waals surface area contributed by atoms with Crippen molar-refractivity contribution in [1.29, 1.82) is 0 Å². The molecule has 0 atom stereocenters. The van der Waals surface area contributed by atoms with Crippen LogP contribution in [0.5, 0.6) is 0 Å². The summed E-state index contributed by atoms with van der Waals surface area (Å²) < 4.78 is 0.953. The predicted molar refractivity (Wildman–Crippen MR) is 93.5 cm³/mol. The minimum atomic E-state index is 0.0683. The second-order valence-electron chi connectivity index (χ2n) is 5.18. The molecule has 5 heteroatoms. The van der Waals surface area contributed by atoms with Gasteiger partial charge in [-0.1, -0.05) is 27.6 Å². The number of hydrogen-bond acceptors (Lipinski definition) is 3. The normalized spacial score (nSPS) is 14.6. The highest BCUT2D eigenvalue weighted by molar-refractivity contribution is 9.10. The average Bonchev–Trinajstić information content (AvgIpc) is 2.47. The molecule has 3 nitrogen and oxygen atoms in total. The Morgan fingerprint density at radius 1 is 1.38 bits per heavy atom. The van der Waals surface area contributed by atoms with E-state index in [4.69, 9.17) is 5.73 Å². The second-order valence-corrected chi connectivity index (χ2v) is 7.11. The molecule has 1 aliphatic rings. The first-order valence-electron chi connectivity index (χ1n) is 7.27. The number of amides is 1. The van der Waals surface area contributed by atoms with E-state index >= 15 is 0 Å². The van der Waals surface area contributed by atoms with Crippen LogP contribution in [-0.4, -0.2) is 18.2 Å². The Morgan fingerprint density at radius 3 is 2.95 bits per heavy atom. The van der Waals surface area contributed by atoms with Crippen molar-refractivity contribution >= 4 is 39.3 Å². The van der Waals surface area contributed by atoms with Gasteiger partial charge in [0.1, 0.15) is 0 Å². The van der Waals surface area contributed by atoms with E-state index in [2.05, 4.69) is 27.3 Å². The van der Waals surface area contributed by atoms with Gasteiger partial charge in [0.15, 0.2) is 0 Å². The quantitative estimate of drug-likeness (QED) is 0.450. The van der Waals surface area contributed by atoms with Gasteiger partial charge in [0.25, 0.3) is 0 Å². The summed E-state index contributed by atoms with van der Waals surface area (Å²) in [6.45, 7) is 0.737. The summed E-state index contributed by atoms with van der Waals surface area (Å²) >= 11 is 4.85. The Hall–Kier alpha value is -0.940. The number of benzene rings is 1. The topological polar surface area (TPSA) is 55.1 Å². The summed E-state index contributed by atoms with van der Waals surface area (Å²) in [5.74, 6) is 0.476. The number of carbonyl (C=O) groups is 1. The molecule has 114 valence electrons. The molecule has 0 aromatic heterocycles. The van der Waals surface area contributed by atoms with E-state index in [9.17, 15) is 4.79 Å². The van der Waals surface area contributed by atoms with E-state index in [1.807, 2.05) is 18.2 Å². The van der Waals surface area contributed by atoms with E-state index in [1.54, 1.807) is 0 Å². The first kappa shape index (κ1) is 16.4. The van der Waals surface area contributed by atoms with Gasteiger partial charge in [-0.25, -0.2) is 0 Å². The fourth-order valence-corrected chi connectivity index (χ4v) is 3.50. The molecule has 0 saturated heterocycles. The monoisotopic (exact) mass is 368 g/mol. The maximum absolute atomic E-state index is 11.8. The van der Waals surface area contributed by atoms with Crippen LogP contribution in [-0.2, 0) is 4.79 Å². The number of rotatable bonds is 6. The molecule has 2 rings (SSSR count). The van der Waals surface area contributed by atoms with E-state index in [0.717, 1.165) is 22.3 Å². The number of nitrogens with one attached hydrogen (secondary N) is 1. The predicted octanol–water partition coefficient (Wildman–Crippen LogP) is 4.13. The highest BCUT2D eigenvalue weighted by atomic mass is 79.9. The summed E-state index contributed by atoms with van der Waals surface area (Å²) in [6.07, 6.45) is 8.30. The smallest absolute Gasteiger partial charge is 0.230 e. The molecule has 21 heavy (non-hydrogen) atoms. The minimum Gasteiger partial charge on any atom is -0.398 e. The summed E-state index contributed by atoms with van der Waals surface area (Å²) in [6, 6.07) is 5.73. The van der Waals surface area contributed by atoms with Crippen LogP contribution in [0, 0.1) is 0 Å². The van der Waals surface area contributed by atoms with Gasteiger partial charge in [0.05, 0.1) is 5.75 Å².